The van der Waals surface area contributed by atoms with Gasteiger partial charge in [-0.15, -0.1) is 0 Å². The van der Waals surface area contributed by atoms with Crippen LogP contribution in [0.3, 0.4) is 0 Å². The number of ether oxygens (including phenoxy) is 1. The molecule has 2 heterocycles. The Bertz CT molecular complexity index is 376. The van der Waals surface area contributed by atoms with Crippen LogP contribution in [0.4, 0.5) is 0 Å². The molecule has 0 saturated carbocycles. The van der Waals surface area contributed by atoms with Gasteiger partial charge >= 0.3 is 0 Å². The van der Waals surface area contributed by atoms with Crippen LogP contribution in [-0.4, -0.2) is 23.5 Å². The van der Waals surface area contributed by atoms with E-state index < -0.39 is 0 Å². The number of carbonyl (C=O) groups excluding carboxylic acids is 1. The van der Waals surface area contributed by atoms with Crippen molar-refractivity contribution in [2.45, 2.75) is 25.1 Å². The van der Waals surface area contributed by atoms with Gasteiger partial charge in [-0.2, -0.15) is 0 Å². The fourth-order valence-corrected chi connectivity index (χ4v) is 2.40. The average Bonchev–Trinajstić information content (AvgIpc) is 2.84. The maximum atomic E-state index is 11.7. The van der Waals surface area contributed by atoms with Crippen molar-refractivity contribution in [3.63, 3.8) is 0 Å². The number of nitrogens with zero attached hydrogens (tertiary/aromatic N) is 1. The van der Waals surface area contributed by atoms with Crippen LogP contribution < -0.4 is 0 Å². The summed E-state index contributed by atoms with van der Waals surface area (Å²) in [6.07, 6.45) is 1.48. The molecule has 1 aromatic rings. The van der Waals surface area contributed by atoms with E-state index in [1.54, 1.807) is 0 Å². The summed E-state index contributed by atoms with van der Waals surface area (Å²) in [5.74, 6) is 0.228. The third-order valence-corrected chi connectivity index (χ3v) is 3.16. The van der Waals surface area contributed by atoms with Gasteiger partial charge < -0.3 is 9.64 Å². The van der Waals surface area contributed by atoms with Gasteiger partial charge in [0.1, 0.15) is 0 Å². The van der Waals surface area contributed by atoms with E-state index in [4.69, 9.17) is 4.74 Å². The number of amides is 1. The second-order valence-electron chi connectivity index (χ2n) is 4.09. The first-order valence-electron chi connectivity index (χ1n) is 5.34. The third-order valence-electron chi connectivity index (χ3n) is 3.16. The summed E-state index contributed by atoms with van der Waals surface area (Å²) < 4.78 is 5.68. The molecule has 0 unspecified atom stereocenters. The second-order valence-corrected chi connectivity index (χ2v) is 4.09. The zero-order chi connectivity index (χ0) is 10.3. The molecule has 2 fully saturated rings. The van der Waals surface area contributed by atoms with Gasteiger partial charge in [0, 0.05) is 12.0 Å². The van der Waals surface area contributed by atoms with Crippen molar-refractivity contribution in [2.24, 2.45) is 0 Å². The van der Waals surface area contributed by atoms with Gasteiger partial charge in [-0.1, -0.05) is 30.3 Å². The standard InChI is InChI=1S/C12H13NO2/c14-11-7-6-10-8-15-12(13(10)11)9-4-2-1-3-5-9/h1-5,10,12H,6-8H2/t10-,12+/m0/s1. The number of rotatable bonds is 1. The van der Waals surface area contributed by atoms with Crippen LogP contribution in [0.15, 0.2) is 30.3 Å². The molecule has 0 aliphatic carbocycles. The molecule has 1 amide bonds. The molecule has 2 saturated heterocycles. The molecule has 15 heavy (non-hydrogen) atoms. The van der Waals surface area contributed by atoms with Crippen molar-refractivity contribution >= 4 is 5.91 Å². The molecule has 78 valence electrons. The van der Waals surface area contributed by atoms with E-state index >= 15 is 0 Å². The van der Waals surface area contributed by atoms with Crippen molar-refractivity contribution < 1.29 is 9.53 Å². The molecule has 0 bridgehead atoms. The van der Waals surface area contributed by atoms with Crippen molar-refractivity contribution in [3.8, 4) is 0 Å². The summed E-state index contributed by atoms with van der Waals surface area (Å²) in [5.41, 5.74) is 1.08. The van der Waals surface area contributed by atoms with E-state index in [0.29, 0.717) is 19.1 Å². The van der Waals surface area contributed by atoms with Gasteiger partial charge in [0.05, 0.1) is 12.6 Å². The molecule has 0 aromatic heterocycles. The van der Waals surface area contributed by atoms with E-state index in [1.165, 1.54) is 0 Å². The molecular weight excluding hydrogens is 190 g/mol. The third kappa shape index (κ3) is 1.35. The highest BCUT2D eigenvalue weighted by atomic mass is 16.5. The predicted molar refractivity (Wildman–Crippen MR) is 55.0 cm³/mol. The Labute approximate surface area is 88.6 Å². The Kier molecular flexibility index (Phi) is 1.99. The topological polar surface area (TPSA) is 29.5 Å². The number of hydrogen-bond acceptors (Lipinski definition) is 2. The highest BCUT2D eigenvalue weighted by Gasteiger charge is 2.42. The molecular formula is C12H13NO2. The van der Waals surface area contributed by atoms with Crippen LogP contribution in [0.5, 0.6) is 0 Å². The molecule has 0 radical (unpaired) electrons. The smallest absolute Gasteiger partial charge is 0.225 e. The van der Waals surface area contributed by atoms with Crippen LogP contribution in [0.2, 0.25) is 0 Å². The van der Waals surface area contributed by atoms with Gasteiger partial charge in [0.25, 0.3) is 0 Å². The van der Waals surface area contributed by atoms with Gasteiger partial charge in [-0.25, -0.2) is 0 Å². The highest BCUT2D eigenvalue weighted by Crippen LogP contribution is 2.36. The molecule has 3 heteroatoms. The summed E-state index contributed by atoms with van der Waals surface area (Å²) in [5, 5.41) is 0. The van der Waals surface area contributed by atoms with E-state index in [0.717, 1.165) is 12.0 Å². The minimum Gasteiger partial charge on any atom is -0.352 e. The Morgan fingerprint density at radius 2 is 2.07 bits per heavy atom. The quantitative estimate of drug-likeness (QED) is 0.695. The maximum Gasteiger partial charge on any atom is 0.225 e. The van der Waals surface area contributed by atoms with Gasteiger partial charge in [0.2, 0.25) is 5.91 Å². The lowest BCUT2D eigenvalue weighted by Crippen LogP contribution is -2.30. The van der Waals surface area contributed by atoms with E-state index in [2.05, 4.69) is 0 Å². The summed E-state index contributed by atoms with van der Waals surface area (Å²) in [6, 6.07) is 10.3. The first-order chi connectivity index (χ1) is 7.36. The zero-order valence-electron chi connectivity index (χ0n) is 8.43. The van der Waals surface area contributed by atoms with Crippen molar-refractivity contribution in [2.75, 3.05) is 6.61 Å². The summed E-state index contributed by atoms with van der Waals surface area (Å²) >= 11 is 0. The largest absolute Gasteiger partial charge is 0.352 e. The Hall–Kier alpha value is -1.35. The molecule has 3 nitrogen and oxygen atoms in total. The van der Waals surface area contributed by atoms with E-state index in [-0.39, 0.29) is 12.1 Å². The number of fused-ring (bicyclic) bond motifs is 1. The molecule has 2 aliphatic rings. The SMILES string of the molecule is O=C1CC[C@H]2CO[C@H](c3ccccc3)N12. The van der Waals surface area contributed by atoms with Crippen LogP contribution in [0.1, 0.15) is 24.6 Å². The number of hydrogen-bond donors (Lipinski definition) is 0. The van der Waals surface area contributed by atoms with E-state index in [1.807, 2.05) is 35.2 Å². The lowest BCUT2D eigenvalue weighted by atomic mass is 10.2. The first-order valence-corrected chi connectivity index (χ1v) is 5.34. The lowest BCUT2D eigenvalue weighted by molar-refractivity contribution is -0.134. The van der Waals surface area contributed by atoms with Gasteiger partial charge in [0.15, 0.2) is 6.23 Å². The Balaban J connectivity index is 1.92. The lowest BCUT2D eigenvalue weighted by Gasteiger charge is -2.22. The van der Waals surface area contributed by atoms with Crippen molar-refractivity contribution in [1.82, 2.24) is 4.90 Å². The van der Waals surface area contributed by atoms with Crippen molar-refractivity contribution in [3.05, 3.63) is 35.9 Å². The fourth-order valence-electron chi connectivity index (χ4n) is 2.40. The molecule has 2 atom stereocenters. The van der Waals surface area contributed by atoms with Crippen LogP contribution >= 0.6 is 0 Å². The monoisotopic (exact) mass is 203 g/mol. The molecule has 0 spiro atoms. The minimum absolute atomic E-state index is 0.147. The molecule has 1 aromatic carbocycles. The highest BCUT2D eigenvalue weighted by molar-refractivity contribution is 5.79. The normalized spacial score (nSPS) is 29.6. The van der Waals surface area contributed by atoms with Gasteiger partial charge in [-0.3, -0.25) is 4.79 Å². The number of carbonyl (C=O) groups is 1. The maximum absolute atomic E-state index is 11.7. The van der Waals surface area contributed by atoms with Crippen molar-refractivity contribution in [1.29, 1.82) is 0 Å². The molecule has 0 N–H and O–H groups in total. The molecule has 3 rings (SSSR count). The first kappa shape index (κ1) is 8.92. The minimum atomic E-state index is -0.147. The molecule has 2 aliphatic heterocycles. The fraction of sp³-hybridized carbons (Fsp3) is 0.417. The van der Waals surface area contributed by atoms with Crippen LogP contribution in [-0.2, 0) is 9.53 Å². The number of benzene rings is 1. The Morgan fingerprint density at radius 1 is 1.27 bits per heavy atom. The van der Waals surface area contributed by atoms with Crippen LogP contribution in [0.25, 0.3) is 0 Å². The second kappa shape index (κ2) is 3.35. The zero-order valence-corrected chi connectivity index (χ0v) is 8.43. The Morgan fingerprint density at radius 3 is 2.87 bits per heavy atom. The predicted octanol–water partition coefficient (Wildman–Crippen LogP) is 1.71. The summed E-state index contributed by atoms with van der Waals surface area (Å²) in [6.45, 7) is 0.686. The summed E-state index contributed by atoms with van der Waals surface area (Å²) in [4.78, 5) is 13.6. The summed E-state index contributed by atoms with van der Waals surface area (Å²) in [7, 11) is 0. The van der Waals surface area contributed by atoms with Crippen LogP contribution in [0, 0.1) is 0 Å². The average molecular weight is 203 g/mol. The van der Waals surface area contributed by atoms with Gasteiger partial charge in [-0.05, 0) is 6.42 Å². The van der Waals surface area contributed by atoms with E-state index in [9.17, 15) is 4.79 Å².